The van der Waals surface area contributed by atoms with Crippen LogP contribution >= 0.6 is 0 Å². The minimum atomic E-state index is -0.254. The summed E-state index contributed by atoms with van der Waals surface area (Å²) in [4.78, 5) is 12.8. The van der Waals surface area contributed by atoms with E-state index in [-0.39, 0.29) is 11.9 Å². The lowest BCUT2D eigenvalue weighted by atomic mass is 9.95. The lowest BCUT2D eigenvalue weighted by molar-refractivity contribution is -0.125. The molecule has 3 aromatic rings. The van der Waals surface area contributed by atoms with Crippen LogP contribution in [0.3, 0.4) is 0 Å². The number of fused-ring (bicyclic) bond motifs is 1. The molecule has 2 aromatic carbocycles. The van der Waals surface area contributed by atoms with Crippen molar-refractivity contribution in [2.75, 3.05) is 0 Å². The molecule has 1 saturated carbocycles. The van der Waals surface area contributed by atoms with Gasteiger partial charge in [0, 0.05) is 17.8 Å². The predicted molar refractivity (Wildman–Crippen MR) is 110 cm³/mol. The van der Waals surface area contributed by atoms with Gasteiger partial charge in [0.25, 0.3) is 0 Å². The molecule has 1 aromatic heterocycles. The third-order valence-electron chi connectivity index (χ3n) is 5.66. The summed E-state index contributed by atoms with van der Waals surface area (Å²) in [5, 5.41) is 10.2. The number of nitrogens with zero attached hydrogens (tertiary/aromatic N) is 2. The summed E-state index contributed by atoms with van der Waals surface area (Å²) in [6.07, 6.45) is 10.5. The Hall–Kier alpha value is -2.62. The highest BCUT2D eigenvalue weighted by atomic mass is 16.2. The molecule has 1 amide bonds. The normalized spacial score (nSPS) is 16.3. The van der Waals surface area contributed by atoms with E-state index in [1.807, 2.05) is 24.0 Å². The van der Waals surface area contributed by atoms with E-state index in [1.165, 1.54) is 30.0 Å². The fourth-order valence-corrected chi connectivity index (χ4v) is 4.16. The number of amides is 1. The van der Waals surface area contributed by atoms with Crippen molar-refractivity contribution < 1.29 is 4.79 Å². The predicted octanol–water partition coefficient (Wildman–Crippen LogP) is 5.10. The largest absolute Gasteiger partial charge is 0.352 e. The Kier molecular flexibility index (Phi) is 5.23. The van der Waals surface area contributed by atoms with E-state index in [0.717, 1.165) is 30.4 Å². The number of nitrogens with one attached hydrogen (secondary N) is 1. The standard InChI is InChI=1S/C23H27N3O/c1-2-22(23(27)25-19-11-4-3-5-12-19)26-16-18(15-24-26)21-14-8-10-17-9-6-7-13-20(17)21/h6-10,13-16,19,22H,2-5,11-12H2,1H3,(H,25,27). The van der Waals surface area contributed by atoms with Crippen LogP contribution in [-0.4, -0.2) is 21.7 Å². The van der Waals surface area contributed by atoms with Crippen molar-refractivity contribution in [1.82, 2.24) is 15.1 Å². The fourth-order valence-electron chi connectivity index (χ4n) is 4.16. The number of hydrogen-bond acceptors (Lipinski definition) is 2. The van der Waals surface area contributed by atoms with Gasteiger partial charge in [0.15, 0.2) is 0 Å². The molecule has 1 aliphatic carbocycles. The van der Waals surface area contributed by atoms with Crippen molar-refractivity contribution in [3.05, 3.63) is 54.9 Å². The van der Waals surface area contributed by atoms with E-state index < -0.39 is 0 Å². The van der Waals surface area contributed by atoms with E-state index in [4.69, 9.17) is 0 Å². The summed E-state index contributed by atoms with van der Waals surface area (Å²) < 4.78 is 1.83. The average molecular weight is 361 g/mol. The van der Waals surface area contributed by atoms with Crippen LogP contribution in [0, 0.1) is 0 Å². The second-order valence-electron chi connectivity index (χ2n) is 7.50. The maximum Gasteiger partial charge on any atom is 0.245 e. The summed E-state index contributed by atoms with van der Waals surface area (Å²) in [6, 6.07) is 14.8. The summed E-state index contributed by atoms with van der Waals surface area (Å²) in [7, 11) is 0. The van der Waals surface area contributed by atoms with Crippen LogP contribution < -0.4 is 5.32 Å². The Morgan fingerprint density at radius 2 is 1.93 bits per heavy atom. The molecule has 0 bridgehead atoms. The van der Waals surface area contributed by atoms with E-state index in [0.29, 0.717) is 6.04 Å². The number of carbonyl (C=O) groups excluding carboxylic acids is 1. The quantitative estimate of drug-likeness (QED) is 0.687. The smallest absolute Gasteiger partial charge is 0.245 e. The van der Waals surface area contributed by atoms with Crippen LogP contribution in [-0.2, 0) is 4.79 Å². The van der Waals surface area contributed by atoms with Crippen molar-refractivity contribution in [1.29, 1.82) is 0 Å². The SMILES string of the molecule is CCC(C(=O)NC1CCCCC1)n1cc(-c2cccc3ccccc23)cn1. The van der Waals surface area contributed by atoms with E-state index >= 15 is 0 Å². The highest BCUT2D eigenvalue weighted by molar-refractivity contribution is 5.96. The molecule has 1 heterocycles. The molecular weight excluding hydrogens is 334 g/mol. The molecule has 140 valence electrons. The van der Waals surface area contributed by atoms with Gasteiger partial charge in [-0.1, -0.05) is 68.7 Å². The van der Waals surface area contributed by atoms with Gasteiger partial charge in [0.2, 0.25) is 5.91 Å². The van der Waals surface area contributed by atoms with Crippen molar-refractivity contribution in [2.45, 2.75) is 57.5 Å². The summed E-state index contributed by atoms with van der Waals surface area (Å²) in [5.74, 6) is 0.0944. The number of aromatic nitrogens is 2. The van der Waals surface area contributed by atoms with Crippen LogP contribution in [0.5, 0.6) is 0 Å². The zero-order valence-corrected chi connectivity index (χ0v) is 15.9. The van der Waals surface area contributed by atoms with E-state index in [9.17, 15) is 4.79 Å². The third kappa shape index (κ3) is 3.75. The Bertz CT molecular complexity index is 919. The molecule has 0 aliphatic heterocycles. The number of hydrogen-bond donors (Lipinski definition) is 1. The van der Waals surface area contributed by atoms with Gasteiger partial charge in [-0.2, -0.15) is 5.10 Å². The number of rotatable bonds is 5. The first kappa shape index (κ1) is 17.8. The Balaban J connectivity index is 1.57. The van der Waals surface area contributed by atoms with Crippen LogP contribution in [0.1, 0.15) is 51.5 Å². The number of carbonyl (C=O) groups is 1. The molecule has 4 nitrogen and oxygen atoms in total. The van der Waals surface area contributed by atoms with Gasteiger partial charge in [0.05, 0.1) is 6.20 Å². The lowest BCUT2D eigenvalue weighted by Gasteiger charge is -2.25. The molecule has 1 aliphatic rings. The second-order valence-corrected chi connectivity index (χ2v) is 7.50. The minimum absolute atomic E-state index is 0.0944. The Labute approximate surface area is 160 Å². The molecule has 0 spiro atoms. The highest BCUT2D eigenvalue weighted by Gasteiger charge is 2.23. The third-order valence-corrected chi connectivity index (χ3v) is 5.66. The van der Waals surface area contributed by atoms with Gasteiger partial charge in [-0.05, 0) is 35.6 Å². The van der Waals surface area contributed by atoms with Crippen LogP contribution in [0.25, 0.3) is 21.9 Å². The van der Waals surface area contributed by atoms with Crippen LogP contribution in [0.4, 0.5) is 0 Å². The van der Waals surface area contributed by atoms with Crippen molar-refractivity contribution in [2.24, 2.45) is 0 Å². The van der Waals surface area contributed by atoms with Gasteiger partial charge in [-0.25, -0.2) is 0 Å². The lowest BCUT2D eigenvalue weighted by Crippen LogP contribution is -2.40. The van der Waals surface area contributed by atoms with Crippen LogP contribution in [0.2, 0.25) is 0 Å². The van der Waals surface area contributed by atoms with Gasteiger partial charge in [-0.3, -0.25) is 9.48 Å². The molecule has 1 atom stereocenters. The average Bonchev–Trinajstić information content (AvgIpc) is 3.18. The molecule has 27 heavy (non-hydrogen) atoms. The first-order valence-electron chi connectivity index (χ1n) is 10.1. The molecule has 1 fully saturated rings. The zero-order chi connectivity index (χ0) is 18.6. The van der Waals surface area contributed by atoms with Gasteiger partial charge in [-0.15, -0.1) is 0 Å². The van der Waals surface area contributed by atoms with Gasteiger partial charge >= 0.3 is 0 Å². The van der Waals surface area contributed by atoms with E-state index in [1.54, 1.807) is 0 Å². The molecule has 0 saturated heterocycles. The summed E-state index contributed by atoms with van der Waals surface area (Å²) in [6.45, 7) is 2.05. The van der Waals surface area contributed by atoms with Gasteiger partial charge < -0.3 is 5.32 Å². The molecule has 1 N–H and O–H groups in total. The monoisotopic (exact) mass is 361 g/mol. The second kappa shape index (κ2) is 7.95. The molecule has 4 rings (SSSR count). The van der Waals surface area contributed by atoms with Crippen molar-refractivity contribution >= 4 is 16.7 Å². The Morgan fingerprint density at radius 1 is 1.15 bits per heavy atom. The van der Waals surface area contributed by atoms with Crippen molar-refractivity contribution in [3.8, 4) is 11.1 Å². The van der Waals surface area contributed by atoms with Crippen molar-refractivity contribution in [3.63, 3.8) is 0 Å². The van der Waals surface area contributed by atoms with Gasteiger partial charge in [0.1, 0.15) is 6.04 Å². The fraction of sp³-hybridized carbons (Fsp3) is 0.391. The maximum absolute atomic E-state index is 12.8. The summed E-state index contributed by atoms with van der Waals surface area (Å²) in [5.41, 5.74) is 2.21. The first-order chi connectivity index (χ1) is 13.3. The highest BCUT2D eigenvalue weighted by Crippen LogP contribution is 2.29. The maximum atomic E-state index is 12.8. The summed E-state index contributed by atoms with van der Waals surface area (Å²) >= 11 is 0. The van der Waals surface area contributed by atoms with E-state index in [2.05, 4.69) is 52.9 Å². The zero-order valence-electron chi connectivity index (χ0n) is 15.9. The first-order valence-corrected chi connectivity index (χ1v) is 10.1. The topological polar surface area (TPSA) is 46.9 Å². The number of benzene rings is 2. The molecule has 4 heteroatoms. The molecular formula is C23H27N3O. The Morgan fingerprint density at radius 3 is 2.74 bits per heavy atom. The van der Waals surface area contributed by atoms with Crippen LogP contribution in [0.15, 0.2) is 54.9 Å². The minimum Gasteiger partial charge on any atom is -0.352 e. The molecule has 0 radical (unpaired) electrons. The molecule has 1 unspecified atom stereocenters.